The predicted molar refractivity (Wildman–Crippen MR) is 80.4 cm³/mol. The molecule has 1 saturated heterocycles. The van der Waals surface area contributed by atoms with Crippen molar-refractivity contribution >= 4 is 11.8 Å². The maximum Gasteiger partial charge on any atom is 0.242 e. The molecule has 1 atom stereocenters. The van der Waals surface area contributed by atoms with Crippen molar-refractivity contribution in [3.63, 3.8) is 0 Å². The van der Waals surface area contributed by atoms with Crippen LogP contribution in [0.4, 0.5) is 0 Å². The molecule has 3 N–H and O–H groups in total. The van der Waals surface area contributed by atoms with Gasteiger partial charge in [-0.15, -0.1) is 0 Å². The summed E-state index contributed by atoms with van der Waals surface area (Å²) in [5.74, 6) is -0.0548. The van der Waals surface area contributed by atoms with Gasteiger partial charge in [-0.1, -0.05) is 20.3 Å². The van der Waals surface area contributed by atoms with Crippen molar-refractivity contribution in [2.75, 3.05) is 19.6 Å². The Morgan fingerprint density at radius 2 is 1.85 bits per heavy atom. The quantitative estimate of drug-likeness (QED) is 0.657. The second-order valence-electron chi connectivity index (χ2n) is 5.77. The molecule has 1 heterocycles. The molecule has 0 aliphatic carbocycles. The third-order valence-corrected chi connectivity index (χ3v) is 4.06. The van der Waals surface area contributed by atoms with Gasteiger partial charge < -0.3 is 16.0 Å². The highest BCUT2D eigenvalue weighted by Crippen LogP contribution is 2.34. The summed E-state index contributed by atoms with van der Waals surface area (Å²) >= 11 is 0. The SMILES string of the molecule is CCCNC(=O)C(C)NC(=O)C1(CCC)CCNCC1. The molecule has 1 aliphatic heterocycles. The van der Waals surface area contributed by atoms with Crippen molar-refractivity contribution in [2.45, 2.75) is 58.9 Å². The Balaban J connectivity index is 2.59. The smallest absolute Gasteiger partial charge is 0.242 e. The van der Waals surface area contributed by atoms with Gasteiger partial charge in [-0.25, -0.2) is 0 Å². The molecular formula is C15H29N3O2. The normalized spacial score (nSPS) is 19.1. The first-order valence-corrected chi connectivity index (χ1v) is 7.85. The lowest BCUT2D eigenvalue weighted by Crippen LogP contribution is -2.53. The third kappa shape index (κ3) is 4.47. The van der Waals surface area contributed by atoms with E-state index in [0.29, 0.717) is 6.54 Å². The molecule has 0 radical (unpaired) electrons. The average molecular weight is 283 g/mol. The maximum absolute atomic E-state index is 12.6. The molecule has 1 aliphatic rings. The summed E-state index contributed by atoms with van der Waals surface area (Å²) in [4.78, 5) is 24.4. The monoisotopic (exact) mass is 283 g/mol. The standard InChI is InChI=1S/C15H29N3O2/c1-4-6-15(7-10-16-11-8-15)14(20)18-12(3)13(19)17-9-5-2/h12,16H,4-11H2,1-3H3,(H,17,19)(H,18,20). The van der Waals surface area contributed by atoms with Crippen LogP contribution in [0.15, 0.2) is 0 Å². The van der Waals surface area contributed by atoms with E-state index < -0.39 is 6.04 Å². The molecule has 20 heavy (non-hydrogen) atoms. The molecule has 0 aromatic carbocycles. The van der Waals surface area contributed by atoms with E-state index in [1.807, 2.05) is 6.92 Å². The average Bonchev–Trinajstić information content (AvgIpc) is 2.45. The number of nitrogens with one attached hydrogen (secondary N) is 3. The van der Waals surface area contributed by atoms with Crippen LogP contribution in [0, 0.1) is 5.41 Å². The summed E-state index contributed by atoms with van der Waals surface area (Å²) in [5.41, 5.74) is -0.292. The van der Waals surface area contributed by atoms with E-state index in [1.54, 1.807) is 6.92 Å². The fourth-order valence-electron chi connectivity index (χ4n) is 2.79. The van der Waals surface area contributed by atoms with Crippen LogP contribution < -0.4 is 16.0 Å². The summed E-state index contributed by atoms with van der Waals surface area (Å²) in [5, 5.41) is 9.02. The van der Waals surface area contributed by atoms with E-state index in [2.05, 4.69) is 22.9 Å². The van der Waals surface area contributed by atoms with Gasteiger partial charge in [0, 0.05) is 6.54 Å². The number of carbonyl (C=O) groups is 2. The molecule has 5 heteroatoms. The Labute approximate surface area is 122 Å². The highest BCUT2D eigenvalue weighted by Gasteiger charge is 2.39. The van der Waals surface area contributed by atoms with E-state index in [-0.39, 0.29) is 17.2 Å². The van der Waals surface area contributed by atoms with Crippen LogP contribution in [0.5, 0.6) is 0 Å². The minimum absolute atomic E-state index is 0.0417. The van der Waals surface area contributed by atoms with Gasteiger partial charge >= 0.3 is 0 Å². The minimum atomic E-state index is -0.460. The number of rotatable bonds is 7. The molecule has 5 nitrogen and oxygen atoms in total. The van der Waals surface area contributed by atoms with E-state index >= 15 is 0 Å². The Morgan fingerprint density at radius 3 is 2.40 bits per heavy atom. The second-order valence-corrected chi connectivity index (χ2v) is 5.77. The molecule has 1 unspecified atom stereocenters. The van der Waals surface area contributed by atoms with Gasteiger partial charge in [0.15, 0.2) is 0 Å². The van der Waals surface area contributed by atoms with Crippen molar-refractivity contribution in [2.24, 2.45) is 5.41 Å². The lowest BCUT2D eigenvalue weighted by molar-refractivity contribution is -0.136. The van der Waals surface area contributed by atoms with Crippen LogP contribution in [-0.2, 0) is 9.59 Å². The molecular weight excluding hydrogens is 254 g/mol. The second kappa shape index (κ2) is 8.25. The lowest BCUT2D eigenvalue weighted by atomic mass is 9.74. The summed E-state index contributed by atoms with van der Waals surface area (Å²) < 4.78 is 0. The van der Waals surface area contributed by atoms with Gasteiger partial charge in [0.25, 0.3) is 0 Å². The van der Waals surface area contributed by atoms with Crippen molar-refractivity contribution in [3.05, 3.63) is 0 Å². The number of amides is 2. The van der Waals surface area contributed by atoms with Crippen LogP contribution in [-0.4, -0.2) is 37.5 Å². The molecule has 2 amide bonds. The van der Waals surface area contributed by atoms with E-state index in [4.69, 9.17) is 0 Å². The van der Waals surface area contributed by atoms with Gasteiger partial charge in [0.1, 0.15) is 6.04 Å². The van der Waals surface area contributed by atoms with Crippen molar-refractivity contribution < 1.29 is 9.59 Å². The summed E-state index contributed by atoms with van der Waals surface area (Å²) in [6.45, 7) is 8.28. The van der Waals surface area contributed by atoms with Gasteiger partial charge in [-0.2, -0.15) is 0 Å². The van der Waals surface area contributed by atoms with Gasteiger partial charge in [0.2, 0.25) is 11.8 Å². The molecule has 1 rings (SSSR count). The van der Waals surface area contributed by atoms with Crippen LogP contribution in [0.2, 0.25) is 0 Å². The van der Waals surface area contributed by atoms with Crippen LogP contribution in [0.25, 0.3) is 0 Å². The minimum Gasteiger partial charge on any atom is -0.354 e. The molecule has 0 spiro atoms. The Morgan fingerprint density at radius 1 is 1.20 bits per heavy atom. The van der Waals surface area contributed by atoms with E-state index in [0.717, 1.165) is 45.2 Å². The zero-order valence-electron chi connectivity index (χ0n) is 13.1. The van der Waals surface area contributed by atoms with Crippen LogP contribution in [0.3, 0.4) is 0 Å². The van der Waals surface area contributed by atoms with Crippen LogP contribution >= 0.6 is 0 Å². The maximum atomic E-state index is 12.6. The van der Waals surface area contributed by atoms with Crippen molar-refractivity contribution in [3.8, 4) is 0 Å². The summed E-state index contributed by atoms with van der Waals surface area (Å²) in [6, 6.07) is -0.460. The molecule has 0 saturated carbocycles. The molecule has 0 bridgehead atoms. The molecule has 0 aromatic heterocycles. The lowest BCUT2D eigenvalue weighted by Gasteiger charge is -2.36. The third-order valence-electron chi connectivity index (χ3n) is 4.06. The fourth-order valence-corrected chi connectivity index (χ4v) is 2.79. The fraction of sp³-hybridized carbons (Fsp3) is 0.867. The van der Waals surface area contributed by atoms with Gasteiger partial charge in [-0.3, -0.25) is 9.59 Å². The zero-order valence-corrected chi connectivity index (χ0v) is 13.1. The summed E-state index contributed by atoms with van der Waals surface area (Å²) in [6.07, 6.45) is 4.50. The molecule has 1 fully saturated rings. The highest BCUT2D eigenvalue weighted by atomic mass is 16.2. The number of hydrogen-bond donors (Lipinski definition) is 3. The topological polar surface area (TPSA) is 70.2 Å². The Bertz CT molecular complexity index is 320. The molecule has 116 valence electrons. The number of piperidine rings is 1. The van der Waals surface area contributed by atoms with Crippen molar-refractivity contribution in [1.29, 1.82) is 0 Å². The first-order chi connectivity index (χ1) is 9.55. The Kier molecular flexibility index (Phi) is 6.99. The van der Waals surface area contributed by atoms with Crippen molar-refractivity contribution in [1.82, 2.24) is 16.0 Å². The highest BCUT2D eigenvalue weighted by molar-refractivity contribution is 5.89. The largest absolute Gasteiger partial charge is 0.354 e. The zero-order chi connectivity index (χ0) is 15.0. The van der Waals surface area contributed by atoms with Crippen LogP contribution in [0.1, 0.15) is 52.9 Å². The summed E-state index contributed by atoms with van der Waals surface area (Å²) in [7, 11) is 0. The number of hydrogen-bond acceptors (Lipinski definition) is 3. The predicted octanol–water partition coefficient (Wildman–Crippen LogP) is 1.19. The first-order valence-electron chi connectivity index (χ1n) is 7.85. The first kappa shape index (κ1) is 17.0. The van der Waals surface area contributed by atoms with Gasteiger partial charge in [0.05, 0.1) is 5.41 Å². The molecule has 0 aromatic rings. The van der Waals surface area contributed by atoms with E-state index in [1.165, 1.54) is 0 Å². The Hall–Kier alpha value is -1.10. The van der Waals surface area contributed by atoms with Gasteiger partial charge in [-0.05, 0) is 45.7 Å². The number of carbonyl (C=O) groups excluding carboxylic acids is 2. The van der Waals surface area contributed by atoms with E-state index in [9.17, 15) is 9.59 Å².